The van der Waals surface area contributed by atoms with E-state index in [0.717, 1.165) is 18.4 Å². The van der Waals surface area contributed by atoms with E-state index in [9.17, 15) is 14.7 Å². The summed E-state index contributed by atoms with van der Waals surface area (Å²) in [6.45, 7) is 0.966. The molecule has 2 aliphatic heterocycles. The maximum atomic E-state index is 12.9. The van der Waals surface area contributed by atoms with Crippen molar-refractivity contribution in [3.63, 3.8) is 0 Å². The molecule has 2 atom stereocenters. The van der Waals surface area contributed by atoms with Crippen LogP contribution < -0.4 is 0 Å². The number of Topliss-reactive ketones (excluding diaryl/α,β-unsaturated/α-hetero) is 1. The van der Waals surface area contributed by atoms with Crippen molar-refractivity contribution in [2.75, 3.05) is 13.2 Å². The van der Waals surface area contributed by atoms with Gasteiger partial charge in [-0.3, -0.25) is 9.59 Å². The molecule has 6 heteroatoms. The highest BCUT2D eigenvalue weighted by Crippen LogP contribution is 2.40. The van der Waals surface area contributed by atoms with Crippen LogP contribution in [0.5, 0.6) is 0 Å². The molecular formula is C22H20ClNO4. The van der Waals surface area contributed by atoms with Crippen molar-refractivity contribution < 1.29 is 19.4 Å². The minimum Gasteiger partial charge on any atom is -0.507 e. The van der Waals surface area contributed by atoms with Crippen LogP contribution in [0.3, 0.4) is 0 Å². The van der Waals surface area contributed by atoms with Gasteiger partial charge >= 0.3 is 0 Å². The Bertz CT molecular complexity index is 917. The molecule has 0 unspecified atom stereocenters. The van der Waals surface area contributed by atoms with Crippen LogP contribution in [0, 0.1) is 0 Å². The van der Waals surface area contributed by atoms with Gasteiger partial charge in [-0.05, 0) is 30.5 Å². The summed E-state index contributed by atoms with van der Waals surface area (Å²) in [7, 11) is 0. The Morgan fingerprint density at radius 3 is 2.46 bits per heavy atom. The lowest BCUT2D eigenvalue weighted by atomic mass is 9.95. The van der Waals surface area contributed by atoms with E-state index in [1.165, 1.54) is 4.90 Å². The van der Waals surface area contributed by atoms with Gasteiger partial charge in [-0.15, -0.1) is 0 Å². The molecule has 1 N–H and O–H groups in total. The number of ether oxygens (including phenoxy) is 1. The Labute approximate surface area is 168 Å². The van der Waals surface area contributed by atoms with Gasteiger partial charge in [0.15, 0.2) is 0 Å². The van der Waals surface area contributed by atoms with Crippen molar-refractivity contribution in [3.05, 3.63) is 76.3 Å². The highest BCUT2D eigenvalue weighted by molar-refractivity contribution is 6.46. The van der Waals surface area contributed by atoms with E-state index in [1.807, 2.05) is 6.07 Å². The third-order valence-corrected chi connectivity index (χ3v) is 5.45. The van der Waals surface area contributed by atoms with E-state index in [-0.39, 0.29) is 17.4 Å². The number of amides is 1. The molecule has 144 valence electrons. The Morgan fingerprint density at radius 1 is 1.11 bits per heavy atom. The maximum absolute atomic E-state index is 12.9. The van der Waals surface area contributed by atoms with Gasteiger partial charge in [0.05, 0.1) is 17.7 Å². The van der Waals surface area contributed by atoms with E-state index >= 15 is 0 Å². The lowest BCUT2D eigenvalue weighted by Gasteiger charge is -2.27. The second kappa shape index (κ2) is 7.78. The average molecular weight is 398 g/mol. The first-order valence-corrected chi connectivity index (χ1v) is 9.65. The summed E-state index contributed by atoms with van der Waals surface area (Å²) < 4.78 is 5.68. The first-order chi connectivity index (χ1) is 13.6. The van der Waals surface area contributed by atoms with Crippen molar-refractivity contribution in [1.82, 2.24) is 4.90 Å². The quantitative estimate of drug-likeness (QED) is 0.482. The van der Waals surface area contributed by atoms with Gasteiger partial charge in [-0.1, -0.05) is 54.1 Å². The first-order valence-electron chi connectivity index (χ1n) is 9.27. The molecule has 4 rings (SSSR count). The molecule has 2 fully saturated rings. The average Bonchev–Trinajstić information content (AvgIpc) is 3.31. The van der Waals surface area contributed by atoms with Crippen LogP contribution in [-0.4, -0.2) is 41.0 Å². The number of hydrogen-bond acceptors (Lipinski definition) is 4. The third-order valence-electron chi connectivity index (χ3n) is 5.20. The van der Waals surface area contributed by atoms with Gasteiger partial charge in [0, 0.05) is 23.7 Å². The first kappa shape index (κ1) is 18.7. The maximum Gasteiger partial charge on any atom is 0.295 e. The molecule has 5 nitrogen and oxygen atoms in total. The number of ketones is 1. The number of likely N-dealkylation sites (tertiary alicyclic amines) is 1. The Kier molecular flexibility index (Phi) is 5.20. The Hall–Kier alpha value is -2.63. The molecule has 0 bridgehead atoms. The lowest BCUT2D eigenvalue weighted by molar-refractivity contribution is -0.140. The zero-order chi connectivity index (χ0) is 19.7. The normalized spacial score (nSPS) is 24.1. The van der Waals surface area contributed by atoms with Gasteiger partial charge in [0.2, 0.25) is 0 Å². The number of carbonyl (C=O) groups is 2. The molecule has 0 saturated carbocycles. The fraction of sp³-hybridized carbons (Fsp3) is 0.273. The minimum atomic E-state index is -0.681. The molecular weight excluding hydrogens is 378 g/mol. The van der Waals surface area contributed by atoms with Gasteiger partial charge in [0.1, 0.15) is 5.76 Å². The molecule has 2 aromatic carbocycles. The number of aliphatic hydroxyl groups is 1. The molecule has 0 aromatic heterocycles. The van der Waals surface area contributed by atoms with Crippen molar-refractivity contribution in [3.8, 4) is 0 Å². The lowest BCUT2D eigenvalue weighted by Crippen LogP contribution is -2.36. The molecule has 0 spiro atoms. The standard InChI is InChI=1S/C22H20ClNO4/c23-16-10-8-14(9-11-16)19-18(20(25)15-5-2-1-3-6-15)21(26)22(27)24(19)13-17-7-4-12-28-17/h1-3,5-6,8-11,17,19,25H,4,7,12-13H2/t17-,19-/m1/s1. The zero-order valence-electron chi connectivity index (χ0n) is 15.2. The molecule has 2 aromatic rings. The minimum absolute atomic E-state index is 0.0940. The van der Waals surface area contributed by atoms with Crippen molar-refractivity contribution >= 4 is 29.1 Å². The van der Waals surface area contributed by atoms with Crippen molar-refractivity contribution in [2.24, 2.45) is 0 Å². The molecule has 2 saturated heterocycles. The number of aliphatic hydroxyl groups excluding tert-OH is 1. The van der Waals surface area contributed by atoms with Crippen LogP contribution in [-0.2, 0) is 14.3 Å². The number of halogens is 1. The van der Waals surface area contributed by atoms with Crippen molar-refractivity contribution in [2.45, 2.75) is 25.0 Å². The molecule has 0 aliphatic carbocycles. The number of nitrogens with zero attached hydrogens (tertiary/aromatic N) is 1. The smallest absolute Gasteiger partial charge is 0.295 e. The summed E-state index contributed by atoms with van der Waals surface area (Å²) >= 11 is 6.02. The summed E-state index contributed by atoms with van der Waals surface area (Å²) in [5.41, 5.74) is 1.31. The summed E-state index contributed by atoms with van der Waals surface area (Å²) in [5, 5.41) is 11.5. The van der Waals surface area contributed by atoms with E-state index < -0.39 is 17.7 Å². The molecule has 28 heavy (non-hydrogen) atoms. The Balaban J connectivity index is 1.81. The number of carbonyl (C=O) groups excluding carboxylic acids is 2. The van der Waals surface area contributed by atoms with E-state index in [0.29, 0.717) is 23.7 Å². The molecule has 2 heterocycles. The summed E-state index contributed by atoms with van der Waals surface area (Å²) in [4.78, 5) is 27.2. The van der Waals surface area contributed by atoms with Gasteiger partial charge in [0.25, 0.3) is 11.7 Å². The largest absolute Gasteiger partial charge is 0.507 e. The van der Waals surface area contributed by atoms with Crippen molar-refractivity contribution in [1.29, 1.82) is 0 Å². The fourth-order valence-electron chi connectivity index (χ4n) is 3.82. The monoisotopic (exact) mass is 397 g/mol. The second-order valence-electron chi connectivity index (χ2n) is 7.00. The molecule has 1 amide bonds. The number of hydrogen-bond donors (Lipinski definition) is 1. The van der Waals surface area contributed by atoms with Crippen LogP contribution in [0.15, 0.2) is 60.2 Å². The molecule has 2 aliphatic rings. The number of benzene rings is 2. The Morgan fingerprint density at radius 2 is 1.82 bits per heavy atom. The molecule has 0 radical (unpaired) electrons. The van der Waals surface area contributed by atoms with E-state index in [1.54, 1.807) is 48.5 Å². The topological polar surface area (TPSA) is 66.8 Å². The van der Waals surface area contributed by atoms with Crippen LogP contribution in [0.2, 0.25) is 5.02 Å². The van der Waals surface area contributed by atoms with Crippen LogP contribution in [0.25, 0.3) is 5.76 Å². The van der Waals surface area contributed by atoms with E-state index in [2.05, 4.69) is 0 Å². The summed E-state index contributed by atoms with van der Waals surface area (Å²) in [6.07, 6.45) is 1.67. The highest BCUT2D eigenvalue weighted by atomic mass is 35.5. The predicted molar refractivity (Wildman–Crippen MR) is 106 cm³/mol. The van der Waals surface area contributed by atoms with Crippen LogP contribution in [0.4, 0.5) is 0 Å². The third kappa shape index (κ3) is 3.43. The van der Waals surface area contributed by atoms with E-state index in [4.69, 9.17) is 16.3 Å². The zero-order valence-corrected chi connectivity index (χ0v) is 15.9. The SMILES string of the molecule is O=C1C(=O)N(C[C@H]2CCCO2)[C@H](c2ccc(Cl)cc2)C1=C(O)c1ccccc1. The van der Waals surface area contributed by atoms with Gasteiger partial charge in [-0.2, -0.15) is 0 Å². The second-order valence-corrected chi connectivity index (χ2v) is 7.44. The summed E-state index contributed by atoms with van der Waals surface area (Å²) in [5.74, 6) is -1.47. The van der Waals surface area contributed by atoms with Crippen LogP contribution in [0.1, 0.15) is 30.0 Å². The fourth-order valence-corrected chi connectivity index (χ4v) is 3.95. The van der Waals surface area contributed by atoms with Gasteiger partial charge in [-0.25, -0.2) is 0 Å². The summed E-state index contributed by atoms with van der Waals surface area (Å²) in [6, 6.07) is 15.1. The van der Waals surface area contributed by atoms with Gasteiger partial charge < -0.3 is 14.7 Å². The van der Waals surface area contributed by atoms with Crippen LogP contribution >= 0.6 is 11.6 Å². The highest BCUT2D eigenvalue weighted by Gasteiger charge is 2.46. The number of rotatable bonds is 4. The predicted octanol–water partition coefficient (Wildman–Crippen LogP) is 3.94.